The van der Waals surface area contributed by atoms with Gasteiger partial charge in [-0.1, -0.05) is 0 Å². The molecule has 3 N–H and O–H groups in total. The van der Waals surface area contributed by atoms with Gasteiger partial charge in [0.25, 0.3) is 0 Å². The van der Waals surface area contributed by atoms with Gasteiger partial charge in [0.15, 0.2) is 5.96 Å². The molecule has 0 spiro atoms. The Morgan fingerprint density at radius 3 is 2.38 bits per heavy atom. The normalized spacial score (nSPS) is 8.92. The number of nitrogens with one attached hydrogen (secondary N) is 1. The van der Waals surface area contributed by atoms with E-state index in [9.17, 15) is 0 Å². The molecule has 0 saturated heterocycles. The van der Waals surface area contributed by atoms with Crippen molar-refractivity contribution in [1.29, 1.82) is 10.7 Å². The number of benzene rings is 1. The molecule has 1 rings (SSSR count). The lowest BCUT2D eigenvalue weighted by Gasteiger charge is -2.16. The first-order valence-electron chi connectivity index (χ1n) is 3.73. The van der Waals surface area contributed by atoms with Crippen molar-refractivity contribution < 1.29 is 0 Å². The van der Waals surface area contributed by atoms with E-state index in [0.717, 1.165) is 5.69 Å². The molecule has 0 saturated carbocycles. The second-order valence-corrected chi connectivity index (χ2v) is 2.60. The number of guanidine groups is 1. The fourth-order valence-electron chi connectivity index (χ4n) is 0.899. The van der Waals surface area contributed by atoms with Crippen LogP contribution in [0.2, 0.25) is 0 Å². The van der Waals surface area contributed by atoms with Crippen LogP contribution in [0, 0.1) is 16.7 Å². The molecule has 0 aliphatic rings. The van der Waals surface area contributed by atoms with Crippen LogP contribution in [-0.4, -0.2) is 13.0 Å². The van der Waals surface area contributed by atoms with Crippen LogP contribution in [0.3, 0.4) is 0 Å². The first-order chi connectivity index (χ1) is 6.15. The van der Waals surface area contributed by atoms with E-state index in [1.165, 1.54) is 4.90 Å². The lowest BCUT2D eigenvalue weighted by molar-refractivity contribution is 1.20. The predicted molar refractivity (Wildman–Crippen MR) is 51.5 cm³/mol. The quantitative estimate of drug-likeness (QED) is 0.490. The number of nitrogens with two attached hydrogens (primary N) is 1. The summed E-state index contributed by atoms with van der Waals surface area (Å²) in [5.41, 5.74) is 6.68. The van der Waals surface area contributed by atoms with Crippen LogP contribution < -0.4 is 10.6 Å². The van der Waals surface area contributed by atoms with Gasteiger partial charge >= 0.3 is 0 Å². The van der Waals surface area contributed by atoms with Crippen LogP contribution >= 0.6 is 0 Å². The van der Waals surface area contributed by atoms with Gasteiger partial charge < -0.3 is 10.6 Å². The number of hydrogen-bond donors (Lipinski definition) is 2. The van der Waals surface area contributed by atoms with Crippen molar-refractivity contribution in [1.82, 2.24) is 0 Å². The SMILES string of the molecule is CN(C(=N)N)c1ccc(C#N)cc1. The third-order valence-electron chi connectivity index (χ3n) is 1.75. The molecule has 0 amide bonds. The first kappa shape index (κ1) is 9.07. The van der Waals surface area contributed by atoms with Gasteiger partial charge in [0, 0.05) is 12.7 Å². The molecule has 0 aliphatic carbocycles. The molecule has 0 unspecified atom stereocenters. The third kappa shape index (κ3) is 1.97. The summed E-state index contributed by atoms with van der Waals surface area (Å²) in [4.78, 5) is 1.53. The predicted octanol–water partition coefficient (Wildman–Crippen LogP) is 0.888. The number of anilines is 1. The van der Waals surface area contributed by atoms with Crippen LogP contribution in [-0.2, 0) is 0 Å². The van der Waals surface area contributed by atoms with Gasteiger partial charge in [0.05, 0.1) is 11.6 Å². The molecule has 0 aromatic heterocycles. The Kier molecular flexibility index (Phi) is 2.50. The van der Waals surface area contributed by atoms with Crippen molar-refractivity contribution >= 4 is 11.6 Å². The van der Waals surface area contributed by atoms with Crippen molar-refractivity contribution in [3.8, 4) is 6.07 Å². The van der Waals surface area contributed by atoms with E-state index in [1.54, 1.807) is 31.3 Å². The van der Waals surface area contributed by atoms with Crippen molar-refractivity contribution in [2.75, 3.05) is 11.9 Å². The van der Waals surface area contributed by atoms with E-state index in [0.29, 0.717) is 5.56 Å². The van der Waals surface area contributed by atoms with Gasteiger partial charge in [-0.3, -0.25) is 5.41 Å². The maximum absolute atomic E-state index is 8.55. The highest BCUT2D eigenvalue weighted by atomic mass is 15.2. The molecule has 1 aromatic rings. The Labute approximate surface area is 76.7 Å². The minimum Gasteiger partial charge on any atom is -0.370 e. The molecule has 0 fully saturated rings. The lowest BCUT2D eigenvalue weighted by atomic mass is 10.2. The number of rotatable bonds is 1. The lowest BCUT2D eigenvalue weighted by Crippen LogP contribution is -2.32. The molecular formula is C9H10N4. The summed E-state index contributed by atoms with van der Waals surface area (Å²) in [5.74, 6) is -0.0234. The molecule has 66 valence electrons. The summed E-state index contributed by atoms with van der Waals surface area (Å²) in [7, 11) is 1.70. The topological polar surface area (TPSA) is 76.9 Å². The summed E-state index contributed by atoms with van der Waals surface area (Å²) in [6.45, 7) is 0. The average Bonchev–Trinajstić information content (AvgIpc) is 2.17. The van der Waals surface area contributed by atoms with Gasteiger partial charge in [-0.05, 0) is 24.3 Å². The molecule has 0 aliphatic heterocycles. The zero-order chi connectivity index (χ0) is 9.84. The monoisotopic (exact) mass is 174 g/mol. The first-order valence-corrected chi connectivity index (χ1v) is 3.73. The zero-order valence-corrected chi connectivity index (χ0v) is 7.28. The fourth-order valence-corrected chi connectivity index (χ4v) is 0.899. The van der Waals surface area contributed by atoms with Gasteiger partial charge in [-0.25, -0.2) is 0 Å². The number of nitrogens with zero attached hydrogens (tertiary/aromatic N) is 2. The Balaban J connectivity index is 2.93. The highest BCUT2D eigenvalue weighted by Crippen LogP contribution is 2.12. The Hall–Kier alpha value is -2.02. The van der Waals surface area contributed by atoms with E-state index in [1.807, 2.05) is 6.07 Å². The average molecular weight is 174 g/mol. The van der Waals surface area contributed by atoms with E-state index in [2.05, 4.69) is 0 Å². The van der Waals surface area contributed by atoms with Gasteiger partial charge in [-0.15, -0.1) is 0 Å². The van der Waals surface area contributed by atoms with E-state index >= 15 is 0 Å². The largest absolute Gasteiger partial charge is 0.370 e. The summed E-state index contributed by atoms with van der Waals surface area (Å²) in [6, 6.07) is 8.90. The van der Waals surface area contributed by atoms with Crippen molar-refractivity contribution in [3.05, 3.63) is 29.8 Å². The molecule has 0 heterocycles. The summed E-state index contributed by atoms with van der Waals surface area (Å²) in [6.07, 6.45) is 0. The highest BCUT2D eigenvalue weighted by molar-refractivity contribution is 5.91. The van der Waals surface area contributed by atoms with Crippen LogP contribution in [0.1, 0.15) is 5.56 Å². The summed E-state index contributed by atoms with van der Waals surface area (Å²) < 4.78 is 0. The fraction of sp³-hybridized carbons (Fsp3) is 0.111. The molecule has 1 aromatic carbocycles. The van der Waals surface area contributed by atoms with Crippen LogP contribution in [0.15, 0.2) is 24.3 Å². The minimum atomic E-state index is -0.0234. The van der Waals surface area contributed by atoms with Crippen molar-refractivity contribution in [2.45, 2.75) is 0 Å². The smallest absolute Gasteiger partial charge is 0.192 e. The maximum Gasteiger partial charge on any atom is 0.192 e. The summed E-state index contributed by atoms with van der Waals surface area (Å²) in [5, 5.41) is 15.7. The molecule has 0 radical (unpaired) electrons. The van der Waals surface area contributed by atoms with Crippen LogP contribution in [0.4, 0.5) is 5.69 Å². The van der Waals surface area contributed by atoms with E-state index < -0.39 is 0 Å². The van der Waals surface area contributed by atoms with Crippen LogP contribution in [0.25, 0.3) is 0 Å². The van der Waals surface area contributed by atoms with Crippen molar-refractivity contribution in [3.63, 3.8) is 0 Å². The number of nitriles is 1. The van der Waals surface area contributed by atoms with Crippen LogP contribution in [0.5, 0.6) is 0 Å². The van der Waals surface area contributed by atoms with Gasteiger partial charge in [0.1, 0.15) is 0 Å². The van der Waals surface area contributed by atoms with E-state index in [4.69, 9.17) is 16.4 Å². The number of hydrogen-bond acceptors (Lipinski definition) is 2. The summed E-state index contributed by atoms with van der Waals surface area (Å²) >= 11 is 0. The Morgan fingerprint density at radius 1 is 1.46 bits per heavy atom. The Morgan fingerprint density at radius 2 is 2.00 bits per heavy atom. The Bertz CT molecular complexity index is 347. The standard InChI is InChI=1S/C9H10N4/c1-13(9(11)12)8-4-2-7(6-10)3-5-8/h2-5H,1H3,(H3,11,12). The molecule has 0 atom stereocenters. The van der Waals surface area contributed by atoms with Gasteiger partial charge in [-0.2, -0.15) is 5.26 Å². The van der Waals surface area contributed by atoms with Crippen molar-refractivity contribution in [2.24, 2.45) is 5.73 Å². The molecule has 4 nitrogen and oxygen atoms in total. The third-order valence-corrected chi connectivity index (χ3v) is 1.75. The maximum atomic E-state index is 8.55. The molecule has 13 heavy (non-hydrogen) atoms. The van der Waals surface area contributed by atoms with Gasteiger partial charge in [0.2, 0.25) is 0 Å². The second-order valence-electron chi connectivity index (χ2n) is 2.60. The van der Waals surface area contributed by atoms with E-state index in [-0.39, 0.29) is 5.96 Å². The highest BCUT2D eigenvalue weighted by Gasteiger charge is 2.01. The molecule has 4 heteroatoms. The minimum absolute atomic E-state index is 0.0234. The second kappa shape index (κ2) is 3.59. The molecular weight excluding hydrogens is 164 g/mol. The molecule has 0 bridgehead atoms. The zero-order valence-electron chi connectivity index (χ0n) is 7.28.